The van der Waals surface area contributed by atoms with Crippen molar-refractivity contribution in [3.8, 4) is 5.69 Å². The lowest BCUT2D eigenvalue weighted by molar-refractivity contribution is 0.100. The Hall–Kier alpha value is -1.74. The van der Waals surface area contributed by atoms with Gasteiger partial charge in [-0.1, -0.05) is 0 Å². The molecule has 0 fully saturated rings. The Labute approximate surface area is 125 Å². The quantitative estimate of drug-likeness (QED) is 0.594. The summed E-state index contributed by atoms with van der Waals surface area (Å²) in [5.74, 6) is -0.795. The minimum atomic E-state index is -0.517. The molecule has 4 N–H and O–H groups in total. The van der Waals surface area contributed by atoms with Gasteiger partial charge in [0.15, 0.2) is 5.96 Å². The van der Waals surface area contributed by atoms with E-state index in [0.717, 1.165) is 5.69 Å². The minimum Gasteiger partial charge on any atom is -0.370 e. The van der Waals surface area contributed by atoms with Crippen LogP contribution in [0.3, 0.4) is 0 Å². The highest BCUT2D eigenvalue weighted by Crippen LogP contribution is 2.30. The molecule has 0 atom stereocenters. The number of halogens is 2. The molecule has 1 aromatic heterocycles. The maximum absolute atomic E-state index is 11.7. The number of hydrogen-bond acceptors (Lipinski definition) is 3. The van der Waals surface area contributed by atoms with Crippen molar-refractivity contribution < 1.29 is 4.79 Å². The summed E-state index contributed by atoms with van der Waals surface area (Å²) in [5, 5.41) is 7.45. The van der Waals surface area contributed by atoms with Gasteiger partial charge in [0.2, 0.25) is 0 Å². The number of amides is 1. The standard InChI is InChI=1S/C10H8Br2N6O/c11-6-1-5(9(19)17-10(13)14)2-7(12)8(6)18-3-15-16-4-18/h1-4H,(H4,13,14,17,19). The lowest BCUT2D eigenvalue weighted by Crippen LogP contribution is -2.24. The van der Waals surface area contributed by atoms with Crippen molar-refractivity contribution in [2.24, 2.45) is 16.5 Å². The van der Waals surface area contributed by atoms with E-state index in [1.165, 1.54) is 0 Å². The van der Waals surface area contributed by atoms with E-state index in [0.29, 0.717) is 14.5 Å². The van der Waals surface area contributed by atoms with Crippen molar-refractivity contribution in [3.63, 3.8) is 0 Å². The van der Waals surface area contributed by atoms with Crippen molar-refractivity contribution in [1.82, 2.24) is 14.8 Å². The predicted octanol–water partition coefficient (Wildman–Crippen LogP) is 1.21. The maximum atomic E-state index is 11.7. The van der Waals surface area contributed by atoms with Crippen LogP contribution in [0, 0.1) is 0 Å². The monoisotopic (exact) mass is 386 g/mol. The number of aliphatic imine (C=N–C) groups is 1. The third-order valence-corrected chi connectivity index (χ3v) is 3.38. The summed E-state index contributed by atoms with van der Waals surface area (Å²) < 4.78 is 3.05. The first kappa shape index (κ1) is 13.7. The van der Waals surface area contributed by atoms with E-state index in [1.807, 2.05) is 0 Å². The zero-order valence-corrected chi connectivity index (χ0v) is 12.6. The summed E-state index contributed by atoms with van der Waals surface area (Å²) in [4.78, 5) is 15.2. The first-order chi connectivity index (χ1) is 8.99. The maximum Gasteiger partial charge on any atom is 0.280 e. The second kappa shape index (κ2) is 5.49. The Morgan fingerprint density at radius 3 is 2.16 bits per heavy atom. The van der Waals surface area contributed by atoms with Crippen LogP contribution in [0.4, 0.5) is 0 Å². The fourth-order valence-corrected chi connectivity index (χ4v) is 3.03. The van der Waals surface area contributed by atoms with Gasteiger partial charge in [-0.2, -0.15) is 4.99 Å². The number of aromatic nitrogens is 3. The Morgan fingerprint density at radius 2 is 1.68 bits per heavy atom. The Balaban J connectivity index is 2.49. The fraction of sp³-hybridized carbons (Fsp3) is 0. The van der Waals surface area contributed by atoms with Crippen molar-refractivity contribution in [1.29, 1.82) is 0 Å². The van der Waals surface area contributed by atoms with Crippen molar-refractivity contribution >= 4 is 43.7 Å². The molecule has 0 bridgehead atoms. The Bertz CT molecular complexity index is 625. The van der Waals surface area contributed by atoms with E-state index >= 15 is 0 Å². The van der Waals surface area contributed by atoms with Gasteiger partial charge in [0.1, 0.15) is 12.7 Å². The molecule has 1 amide bonds. The fourth-order valence-electron chi connectivity index (χ4n) is 1.43. The molecule has 0 saturated carbocycles. The molecule has 0 aliphatic rings. The second-order valence-electron chi connectivity index (χ2n) is 3.50. The van der Waals surface area contributed by atoms with E-state index in [9.17, 15) is 4.79 Å². The van der Waals surface area contributed by atoms with Crippen LogP contribution >= 0.6 is 31.9 Å². The van der Waals surface area contributed by atoms with Gasteiger partial charge in [-0.3, -0.25) is 9.36 Å². The molecule has 19 heavy (non-hydrogen) atoms. The predicted molar refractivity (Wildman–Crippen MR) is 76.9 cm³/mol. The molecule has 7 nitrogen and oxygen atoms in total. The van der Waals surface area contributed by atoms with Crippen LogP contribution < -0.4 is 11.5 Å². The van der Waals surface area contributed by atoms with Crippen LogP contribution in [0.1, 0.15) is 10.4 Å². The largest absolute Gasteiger partial charge is 0.370 e. The Morgan fingerprint density at radius 1 is 1.16 bits per heavy atom. The molecule has 0 spiro atoms. The number of nitrogens with zero attached hydrogens (tertiary/aromatic N) is 4. The van der Waals surface area contributed by atoms with Crippen LogP contribution in [0.5, 0.6) is 0 Å². The number of hydrogen-bond donors (Lipinski definition) is 2. The van der Waals surface area contributed by atoms with Gasteiger partial charge in [0, 0.05) is 14.5 Å². The summed E-state index contributed by atoms with van der Waals surface area (Å²) >= 11 is 6.77. The molecular weight excluding hydrogens is 380 g/mol. The van der Waals surface area contributed by atoms with Crippen LogP contribution in [0.2, 0.25) is 0 Å². The minimum absolute atomic E-state index is 0.278. The first-order valence-corrected chi connectivity index (χ1v) is 6.55. The number of rotatable bonds is 2. The average molecular weight is 388 g/mol. The van der Waals surface area contributed by atoms with Gasteiger partial charge < -0.3 is 11.5 Å². The Kier molecular flexibility index (Phi) is 3.96. The third kappa shape index (κ3) is 2.99. The second-order valence-corrected chi connectivity index (χ2v) is 5.21. The zero-order valence-electron chi connectivity index (χ0n) is 9.42. The highest BCUT2D eigenvalue weighted by molar-refractivity contribution is 9.11. The van der Waals surface area contributed by atoms with Crippen LogP contribution in [0.25, 0.3) is 5.69 Å². The third-order valence-electron chi connectivity index (χ3n) is 2.17. The average Bonchev–Trinajstić information content (AvgIpc) is 2.80. The van der Waals surface area contributed by atoms with E-state index in [-0.39, 0.29) is 5.96 Å². The molecular formula is C10H8Br2N6O. The first-order valence-electron chi connectivity index (χ1n) is 4.97. The van der Waals surface area contributed by atoms with Crippen LogP contribution in [-0.2, 0) is 0 Å². The van der Waals surface area contributed by atoms with Crippen molar-refractivity contribution in [2.75, 3.05) is 0 Å². The molecule has 0 unspecified atom stereocenters. The molecule has 2 aromatic rings. The molecule has 9 heteroatoms. The summed E-state index contributed by atoms with van der Waals surface area (Å²) in [7, 11) is 0. The molecule has 0 radical (unpaired) electrons. The summed E-state index contributed by atoms with van der Waals surface area (Å²) in [6, 6.07) is 3.24. The highest BCUT2D eigenvalue weighted by atomic mass is 79.9. The number of benzene rings is 1. The van der Waals surface area contributed by atoms with E-state index < -0.39 is 5.91 Å². The SMILES string of the molecule is NC(N)=NC(=O)c1cc(Br)c(-n2cnnc2)c(Br)c1. The van der Waals surface area contributed by atoms with Gasteiger partial charge in [-0.05, 0) is 44.0 Å². The number of carbonyl (C=O) groups excluding carboxylic acids is 1. The summed E-state index contributed by atoms with van der Waals surface area (Å²) in [5.41, 5.74) is 11.5. The molecule has 1 heterocycles. The molecule has 1 aromatic carbocycles. The van der Waals surface area contributed by atoms with E-state index in [2.05, 4.69) is 47.0 Å². The van der Waals surface area contributed by atoms with Gasteiger partial charge in [-0.25, -0.2) is 0 Å². The lowest BCUT2D eigenvalue weighted by atomic mass is 10.2. The van der Waals surface area contributed by atoms with Crippen molar-refractivity contribution in [2.45, 2.75) is 0 Å². The van der Waals surface area contributed by atoms with E-state index in [4.69, 9.17) is 11.5 Å². The van der Waals surface area contributed by atoms with Crippen LogP contribution in [-0.4, -0.2) is 26.6 Å². The van der Waals surface area contributed by atoms with Crippen molar-refractivity contribution in [3.05, 3.63) is 39.3 Å². The van der Waals surface area contributed by atoms with Gasteiger partial charge in [-0.15, -0.1) is 10.2 Å². The topological polar surface area (TPSA) is 112 Å². The van der Waals surface area contributed by atoms with Gasteiger partial charge in [0.25, 0.3) is 5.91 Å². The van der Waals surface area contributed by atoms with Gasteiger partial charge >= 0.3 is 0 Å². The number of carbonyl (C=O) groups is 1. The van der Waals surface area contributed by atoms with E-state index in [1.54, 1.807) is 29.4 Å². The molecule has 98 valence electrons. The molecule has 0 saturated heterocycles. The van der Waals surface area contributed by atoms with Gasteiger partial charge in [0.05, 0.1) is 5.69 Å². The number of nitrogens with two attached hydrogens (primary N) is 2. The lowest BCUT2D eigenvalue weighted by Gasteiger charge is -2.09. The highest BCUT2D eigenvalue weighted by Gasteiger charge is 2.13. The van der Waals surface area contributed by atoms with Crippen LogP contribution in [0.15, 0.2) is 38.7 Å². The summed E-state index contributed by atoms with van der Waals surface area (Å²) in [6.45, 7) is 0. The molecule has 0 aliphatic carbocycles. The summed E-state index contributed by atoms with van der Waals surface area (Å²) in [6.07, 6.45) is 3.09. The molecule has 2 rings (SSSR count). The zero-order chi connectivity index (χ0) is 14.0. The normalized spacial score (nSPS) is 10.2. The smallest absolute Gasteiger partial charge is 0.280 e. The molecule has 0 aliphatic heterocycles. The number of guanidine groups is 1.